The van der Waals surface area contributed by atoms with Gasteiger partial charge in [0, 0.05) is 0 Å². The Labute approximate surface area is 106 Å². The van der Waals surface area contributed by atoms with Crippen LogP contribution in [0.25, 0.3) is 0 Å². The minimum Gasteiger partial charge on any atom is -1.00 e. The first kappa shape index (κ1) is 10.7. The average molecular weight is 162 g/mol. The summed E-state index contributed by atoms with van der Waals surface area (Å²) >= 11 is 0. The van der Waals surface area contributed by atoms with Crippen molar-refractivity contribution < 1.29 is 57.5 Å². The van der Waals surface area contributed by atoms with E-state index in [1.807, 2.05) is 37.3 Å². The Morgan fingerprint density at radius 1 is 1.30 bits per heavy atom. The number of ether oxygens (including phenoxy) is 1. The predicted molar refractivity (Wildman–Crippen MR) is 38.7 cm³/mol. The second-order valence-corrected chi connectivity index (χ2v) is 1.75. The molecule has 2 heteroatoms. The molecule has 0 N–H and O–H groups in total. The molecule has 1 aromatic carbocycles. The van der Waals surface area contributed by atoms with E-state index in [2.05, 4.69) is 0 Å². The molecule has 1 nitrogen and oxygen atoms in total. The van der Waals surface area contributed by atoms with E-state index in [9.17, 15) is 0 Å². The molecular weight excluding hydrogens is 151 g/mol. The zero-order valence-corrected chi connectivity index (χ0v) is 9.63. The van der Waals surface area contributed by atoms with Gasteiger partial charge in [-0.2, -0.15) is 0 Å². The molecule has 0 fully saturated rings. The quantitative estimate of drug-likeness (QED) is 0.517. The van der Waals surface area contributed by atoms with Gasteiger partial charge in [-0.25, -0.2) is 0 Å². The van der Waals surface area contributed by atoms with Crippen LogP contribution in [0.1, 0.15) is 8.35 Å². The van der Waals surface area contributed by atoms with E-state index in [0.29, 0.717) is 0 Å². The third kappa shape index (κ3) is 3.73. The van der Waals surface area contributed by atoms with Crippen molar-refractivity contribution in [2.45, 2.75) is 6.92 Å². The van der Waals surface area contributed by atoms with Crippen molar-refractivity contribution in [1.82, 2.24) is 0 Å². The van der Waals surface area contributed by atoms with Crippen LogP contribution in [0, 0.1) is 0 Å². The average Bonchev–Trinajstić information content (AvgIpc) is 1.91. The number of rotatable bonds is 2. The van der Waals surface area contributed by atoms with Gasteiger partial charge in [0.15, 0.2) is 0 Å². The normalized spacial score (nSPS) is 8.10. The van der Waals surface area contributed by atoms with E-state index in [-0.39, 0.29) is 52.8 Å². The zero-order valence-electron chi connectivity index (χ0n) is 7.50. The van der Waals surface area contributed by atoms with Crippen LogP contribution in [0.3, 0.4) is 0 Å². The van der Waals surface area contributed by atoms with Gasteiger partial charge >= 0.3 is 51.4 Å². The molecule has 0 atom stereocenters. The molecule has 0 saturated carbocycles. The van der Waals surface area contributed by atoms with E-state index in [1.54, 1.807) is 0 Å². The SMILES string of the molecule is CCOc1ccccc1.[H-].[K+]. The largest absolute Gasteiger partial charge is 1.00 e. The monoisotopic (exact) mass is 162 g/mol. The van der Waals surface area contributed by atoms with Crippen molar-refractivity contribution in [3.8, 4) is 5.75 Å². The summed E-state index contributed by atoms with van der Waals surface area (Å²) in [5.74, 6) is 0.944. The summed E-state index contributed by atoms with van der Waals surface area (Å²) in [6.45, 7) is 2.72. The van der Waals surface area contributed by atoms with Crippen LogP contribution in [0.5, 0.6) is 5.75 Å². The molecule has 0 aliphatic heterocycles. The van der Waals surface area contributed by atoms with Gasteiger partial charge in [0.2, 0.25) is 0 Å². The van der Waals surface area contributed by atoms with Gasteiger partial charge < -0.3 is 6.16 Å². The Balaban J connectivity index is 0. The van der Waals surface area contributed by atoms with Crippen LogP contribution >= 0.6 is 0 Å². The fourth-order valence-electron chi connectivity index (χ4n) is 0.683. The van der Waals surface area contributed by atoms with Crippen LogP contribution in [-0.2, 0) is 0 Å². The maximum Gasteiger partial charge on any atom is 1.00 e. The Morgan fingerprint density at radius 2 is 1.90 bits per heavy atom. The van der Waals surface area contributed by atoms with Gasteiger partial charge in [-0.15, -0.1) is 0 Å². The maximum absolute atomic E-state index is 5.21. The third-order valence-corrected chi connectivity index (χ3v) is 1.05. The van der Waals surface area contributed by atoms with E-state index in [0.717, 1.165) is 12.4 Å². The first-order valence-electron chi connectivity index (χ1n) is 3.11. The Morgan fingerprint density at radius 3 is 2.40 bits per heavy atom. The molecule has 1 rings (SSSR count). The molecule has 0 bridgehead atoms. The minimum absolute atomic E-state index is 0. The van der Waals surface area contributed by atoms with Crippen molar-refractivity contribution in [1.29, 1.82) is 0 Å². The van der Waals surface area contributed by atoms with E-state index < -0.39 is 0 Å². The summed E-state index contributed by atoms with van der Waals surface area (Å²) in [5, 5.41) is 0. The smallest absolute Gasteiger partial charge is 1.00 e. The molecule has 0 radical (unpaired) electrons. The van der Waals surface area contributed by atoms with Crippen molar-refractivity contribution in [3.63, 3.8) is 0 Å². The molecule has 0 unspecified atom stereocenters. The van der Waals surface area contributed by atoms with E-state index in [4.69, 9.17) is 4.74 Å². The summed E-state index contributed by atoms with van der Waals surface area (Å²) in [4.78, 5) is 0. The summed E-state index contributed by atoms with van der Waals surface area (Å²) in [6.07, 6.45) is 0. The van der Waals surface area contributed by atoms with Crippen LogP contribution < -0.4 is 56.1 Å². The molecule has 1 aromatic rings. The summed E-state index contributed by atoms with van der Waals surface area (Å²) in [5.41, 5.74) is 0. The first-order chi connectivity index (χ1) is 4.43. The number of para-hydroxylation sites is 1. The molecule has 0 amide bonds. The molecule has 0 aliphatic rings. The maximum atomic E-state index is 5.21. The van der Waals surface area contributed by atoms with Crippen LogP contribution in [0.4, 0.5) is 0 Å². The summed E-state index contributed by atoms with van der Waals surface area (Å²) in [7, 11) is 0. The van der Waals surface area contributed by atoms with Crippen LogP contribution in [0.2, 0.25) is 0 Å². The molecule has 0 spiro atoms. The van der Waals surface area contributed by atoms with Crippen molar-refractivity contribution in [2.75, 3.05) is 6.61 Å². The Hall–Kier alpha value is 0.656. The number of benzene rings is 1. The topological polar surface area (TPSA) is 9.23 Å². The van der Waals surface area contributed by atoms with Crippen molar-refractivity contribution >= 4 is 0 Å². The Bertz CT molecular complexity index is 167. The second kappa shape index (κ2) is 6.37. The van der Waals surface area contributed by atoms with Gasteiger partial charge in [-0.3, -0.25) is 0 Å². The fraction of sp³-hybridized carbons (Fsp3) is 0.250. The van der Waals surface area contributed by atoms with E-state index >= 15 is 0 Å². The van der Waals surface area contributed by atoms with Gasteiger partial charge in [0.25, 0.3) is 0 Å². The number of hydrogen-bond donors (Lipinski definition) is 0. The molecule has 0 aliphatic carbocycles. The van der Waals surface area contributed by atoms with Crippen LogP contribution in [-0.4, -0.2) is 6.61 Å². The third-order valence-electron chi connectivity index (χ3n) is 1.05. The Kier molecular flexibility index (Phi) is 6.79. The van der Waals surface area contributed by atoms with Gasteiger partial charge in [-0.1, -0.05) is 18.2 Å². The minimum atomic E-state index is 0. The predicted octanol–water partition coefficient (Wildman–Crippen LogP) is -0.798. The van der Waals surface area contributed by atoms with Crippen molar-refractivity contribution in [3.05, 3.63) is 30.3 Å². The standard InChI is InChI=1S/C8H10O.K.H/c1-2-9-8-6-4-3-5-7-8;;/h3-7H,2H2,1H3;;/q;+1;-1. The molecular formula is C8H11KO. The fourth-order valence-corrected chi connectivity index (χ4v) is 0.683. The molecule has 0 saturated heterocycles. The van der Waals surface area contributed by atoms with Crippen LogP contribution in [0.15, 0.2) is 30.3 Å². The summed E-state index contributed by atoms with van der Waals surface area (Å²) < 4.78 is 5.21. The van der Waals surface area contributed by atoms with Gasteiger partial charge in [-0.05, 0) is 19.1 Å². The second-order valence-electron chi connectivity index (χ2n) is 1.75. The zero-order chi connectivity index (χ0) is 6.53. The first-order valence-corrected chi connectivity index (χ1v) is 3.11. The molecule has 50 valence electrons. The van der Waals surface area contributed by atoms with Gasteiger partial charge in [0.05, 0.1) is 6.61 Å². The van der Waals surface area contributed by atoms with Crippen molar-refractivity contribution in [2.24, 2.45) is 0 Å². The summed E-state index contributed by atoms with van der Waals surface area (Å²) in [6, 6.07) is 9.80. The van der Waals surface area contributed by atoms with E-state index in [1.165, 1.54) is 0 Å². The molecule has 10 heavy (non-hydrogen) atoms. The number of hydrogen-bond acceptors (Lipinski definition) is 1. The van der Waals surface area contributed by atoms with Gasteiger partial charge in [0.1, 0.15) is 5.75 Å². The molecule has 0 aromatic heterocycles. The molecule has 0 heterocycles.